The lowest BCUT2D eigenvalue weighted by Crippen LogP contribution is -2.47. The van der Waals surface area contributed by atoms with E-state index in [0.717, 1.165) is 23.9 Å². The Morgan fingerprint density at radius 1 is 1.19 bits per heavy atom. The molecule has 228 valence electrons. The quantitative estimate of drug-likeness (QED) is 0.232. The lowest BCUT2D eigenvalue weighted by Gasteiger charge is -2.28. The van der Waals surface area contributed by atoms with Gasteiger partial charge in [0.15, 0.2) is 18.0 Å². The Bertz CT molecular complexity index is 1650. The molecular weight excluding hydrogens is 645 g/mol. The summed E-state index contributed by atoms with van der Waals surface area (Å²) in [4.78, 5) is 38.5. The Morgan fingerprint density at radius 2 is 1.86 bits per heavy atom. The first kappa shape index (κ1) is 32.0. The maximum absolute atomic E-state index is 16.1. The number of benzene rings is 2. The number of hydrogen-bond donors (Lipinski definition) is 2. The van der Waals surface area contributed by atoms with Gasteiger partial charge >= 0.3 is 19.3 Å². The minimum Gasteiger partial charge on any atom is -0.463 e. The van der Waals surface area contributed by atoms with Crippen LogP contribution < -0.4 is 15.8 Å². The number of fused-ring (bicyclic) bond motifs is 1. The van der Waals surface area contributed by atoms with Crippen LogP contribution in [0, 0.1) is 5.92 Å². The normalized spacial score (nSPS) is 26.2. The second-order valence-electron chi connectivity index (χ2n) is 10.5. The van der Waals surface area contributed by atoms with Gasteiger partial charge in [0.05, 0.1) is 22.7 Å². The van der Waals surface area contributed by atoms with Crippen molar-refractivity contribution in [1.82, 2.24) is 9.55 Å². The van der Waals surface area contributed by atoms with Gasteiger partial charge in [-0.3, -0.25) is 23.7 Å². The highest BCUT2D eigenvalue weighted by atomic mass is 79.9. The van der Waals surface area contributed by atoms with E-state index in [2.05, 4.69) is 15.9 Å². The van der Waals surface area contributed by atoms with Crippen LogP contribution in [0.3, 0.4) is 0 Å². The summed E-state index contributed by atoms with van der Waals surface area (Å²) in [5.74, 6) is -4.98. The zero-order valence-electron chi connectivity index (χ0n) is 23.1. The summed E-state index contributed by atoms with van der Waals surface area (Å²) in [5, 5.41) is 12.2. The van der Waals surface area contributed by atoms with Crippen molar-refractivity contribution in [3.8, 4) is 5.75 Å². The van der Waals surface area contributed by atoms with Gasteiger partial charge in [-0.2, -0.15) is 0 Å². The van der Waals surface area contributed by atoms with Crippen LogP contribution in [-0.2, 0) is 23.4 Å². The Morgan fingerprint density at radius 3 is 2.52 bits per heavy atom. The van der Waals surface area contributed by atoms with Crippen LogP contribution in [0.4, 0.5) is 8.78 Å². The van der Waals surface area contributed by atoms with E-state index >= 15 is 8.78 Å². The third-order valence-electron chi connectivity index (χ3n) is 6.59. The number of nitrogens with one attached hydrogen (secondary N) is 1. The topological polar surface area (TPSA) is 146 Å². The number of H-pyrrole nitrogens is 1. The summed E-state index contributed by atoms with van der Waals surface area (Å²) in [7, 11) is -4.43. The molecule has 0 saturated carbocycles. The molecule has 0 bridgehead atoms. The molecule has 0 spiro atoms. The van der Waals surface area contributed by atoms with Gasteiger partial charge in [-0.1, -0.05) is 37.3 Å². The van der Waals surface area contributed by atoms with Gasteiger partial charge < -0.3 is 19.1 Å². The van der Waals surface area contributed by atoms with Gasteiger partial charge in [-0.15, -0.1) is 0 Å². The van der Waals surface area contributed by atoms with Gasteiger partial charge in [0.25, 0.3) is 11.4 Å². The standard InChI is InChI=1S/C27H30BrF2N2O9P/c1-15(2)39-22(34)16(3)13-42(37,41-19-10-9-17-7-5-6-8-18(17)11-19)38-14-27(30)23(35)26(4,29)24(40-27)32-12-20(28)21(33)31-25(32)36/h5-12,15-16,23-24,35H,13-14H2,1-4H3,(H,31,33,36)/t16-,23+,24-,26-,27-,42?/m1/s1. The summed E-state index contributed by atoms with van der Waals surface area (Å²) in [6.07, 6.45) is -4.72. The molecule has 3 aromatic rings. The number of nitrogens with zero attached hydrogens (tertiary/aromatic N) is 1. The molecule has 0 amide bonds. The number of aromatic nitrogens is 2. The summed E-state index contributed by atoms with van der Waals surface area (Å²) < 4.78 is 67.7. The predicted molar refractivity (Wildman–Crippen MR) is 152 cm³/mol. The third-order valence-corrected chi connectivity index (χ3v) is 9.16. The highest BCUT2D eigenvalue weighted by Gasteiger charge is 2.65. The van der Waals surface area contributed by atoms with Crippen molar-refractivity contribution in [1.29, 1.82) is 0 Å². The summed E-state index contributed by atoms with van der Waals surface area (Å²) >= 11 is 2.91. The molecule has 2 heterocycles. The lowest BCUT2D eigenvalue weighted by molar-refractivity contribution is -0.203. The van der Waals surface area contributed by atoms with Gasteiger partial charge in [0.1, 0.15) is 12.4 Å². The van der Waals surface area contributed by atoms with Crippen molar-refractivity contribution in [3.05, 3.63) is 74.0 Å². The number of hydrogen-bond acceptors (Lipinski definition) is 9. The average Bonchev–Trinajstić information content (AvgIpc) is 3.09. The SMILES string of the molecule is CC(C)OC(=O)[C@H](C)CP(=O)(OC[C@@]1(F)O[C@@H](n2cc(Br)c(=O)[nH]c2=O)[C@](C)(F)[C@@H]1O)Oc1ccc2ccccc2c1. The smallest absolute Gasteiger partial charge is 0.380 e. The summed E-state index contributed by atoms with van der Waals surface area (Å²) in [5.41, 5.74) is -4.86. The van der Waals surface area contributed by atoms with E-state index in [1.165, 1.54) is 13.0 Å². The van der Waals surface area contributed by atoms with E-state index in [9.17, 15) is 24.1 Å². The molecule has 6 atom stereocenters. The van der Waals surface area contributed by atoms with E-state index in [4.69, 9.17) is 18.5 Å². The number of halogens is 3. The van der Waals surface area contributed by atoms with Crippen LogP contribution in [-0.4, -0.2) is 57.1 Å². The fourth-order valence-electron chi connectivity index (χ4n) is 4.44. The highest BCUT2D eigenvalue weighted by molar-refractivity contribution is 9.10. The van der Waals surface area contributed by atoms with Crippen molar-refractivity contribution in [2.45, 2.75) is 57.7 Å². The second-order valence-corrected chi connectivity index (χ2v) is 13.4. The van der Waals surface area contributed by atoms with Gasteiger partial charge in [-0.25, -0.2) is 18.1 Å². The van der Waals surface area contributed by atoms with Crippen molar-refractivity contribution in [2.75, 3.05) is 12.8 Å². The van der Waals surface area contributed by atoms with E-state index < -0.39 is 73.5 Å². The molecule has 1 fully saturated rings. The highest BCUT2D eigenvalue weighted by Crippen LogP contribution is 2.54. The number of rotatable bonds is 10. The van der Waals surface area contributed by atoms with Crippen molar-refractivity contribution in [3.63, 3.8) is 0 Å². The van der Waals surface area contributed by atoms with Gasteiger partial charge in [-0.05, 0) is 59.6 Å². The van der Waals surface area contributed by atoms with Crippen molar-refractivity contribution >= 4 is 40.3 Å². The number of alkyl halides is 2. The lowest BCUT2D eigenvalue weighted by atomic mass is 9.97. The Labute approximate surface area is 247 Å². The molecule has 2 aromatic carbocycles. The second kappa shape index (κ2) is 12.0. The van der Waals surface area contributed by atoms with Crippen LogP contribution in [0.1, 0.15) is 33.9 Å². The summed E-state index contributed by atoms with van der Waals surface area (Å²) in [6, 6.07) is 12.0. The van der Waals surface area contributed by atoms with Crippen LogP contribution >= 0.6 is 23.5 Å². The number of carbonyl (C=O) groups excluding carboxylic acids is 1. The number of aromatic amines is 1. The first-order valence-electron chi connectivity index (χ1n) is 12.9. The maximum atomic E-state index is 16.1. The molecule has 0 aliphatic carbocycles. The van der Waals surface area contributed by atoms with E-state index in [1.807, 2.05) is 17.1 Å². The van der Waals surface area contributed by atoms with E-state index in [1.54, 1.807) is 38.1 Å². The largest absolute Gasteiger partial charge is 0.463 e. The maximum Gasteiger partial charge on any atom is 0.380 e. The molecule has 1 aromatic heterocycles. The van der Waals surface area contributed by atoms with Gasteiger partial charge in [0, 0.05) is 6.20 Å². The van der Waals surface area contributed by atoms with Crippen LogP contribution in [0.2, 0.25) is 0 Å². The number of esters is 1. The first-order valence-corrected chi connectivity index (χ1v) is 15.4. The molecule has 1 aliphatic heterocycles. The van der Waals surface area contributed by atoms with Crippen molar-refractivity contribution < 1.29 is 41.8 Å². The van der Waals surface area contributed by atoms with Crippen molar-refractivity contribution in [2.24, 2.45) is 5.92 Å². The average molecular weight is 675 g/mol. The number of ether oxygens (including phenoxy) is 2. The monoisotopic (exact) mass is 674 g/mol. The number of carbonyl (C=O) groups is 1. The predicted octanol–water partition coefficient (Wildman–Crippen LogP) is 4.61. The van der Waals surface area contributed by atoms with Crippen LogP contribution in [0.5, 0.6) is 5.75 Å². The molecule has 0 radical (unpaired) electrons. The molecule has 1 unspecified atom stereocenters. The molecule has 11 nitrogen and oxygen atoms in total. The zero-order valence-corrected chi connectivity index (χ0v) is 25.6. The fraction of sp³-hybridized carbons (Fsp3) is 0.444. The Balaban J connectivity index is 1.63. The summed E-state index contributed by atoms with van der Waals surface area (Å²) in [6.45, 7) is 4.18. The Kier molecular flexibility index (Phi) is 9.15. The van der Waals surface area contributed by atoms with Crippen LogP contribution in [0.25, 0.3) is 10.8 Å². The van der Waals surface area contributed by atoms with Gasteiger partial charge in [0.2, 0.25) is 0 Å². The number of aliphatic hydroxyl groups is 1. The third kappa shape index (κ3) is 6.68. The molecule has 4 rings (SSSR count). The minimum absolute atomic E-state index is 0.0834. The molecule has 2 N–H and O–H groups in total. The fourth-order valence-corrected chi connectivity index (χ4v) is 6.62. The number of aliphatic hydroxyl groups excluding tert-OH is 1. The van der Waals surface area contributed by atoms with E-state index in [0.29, 0.717) is 4.57 Å². The molecule has 15 heteroatoms. The Hall–Kier alpha value is -2.90. The molecule has 1 saturated heterocycles. The van der Waals surface area contributed by atoms with E-state index in [-0.39, 0.29) is 10.2 Å². The van der Waals surface area contributed by atoms with Crippen LogP contribution in [0.15, 0.2) is 62.7 Å². The first-order chi connectivity index (χ1) is 19.5. The molecular formula is C27H30BrF2N2O9P. The molecule has 1 aliphatic rings. The zero-order chi connectivity index (χ0) is 31.0. The molecule has 42 heavy (non-hydrogen) atoms. The minimum atomic E-state index is -4.43.